The number of aryl methyl sites for hydroxylation is 1. The van der Waals surface area contributed by atoms with Crippen LogP contribution in [0.4, 0.5) is 5.69 Å². The number of hydrogen-bond acceptors (Lipinski definition) is 2. The van der Waals surface area contributed by atoms with Crippen molar-refractivity contribution in [2.24, 2.45) is 93.7 Å². The Bertz CT molecular complexity index is 3330. The van der Waals surface area contributed by atoms with E-state index in [1.165, 1.54) is 77.0 Å². The van der Waals surface area contributed by atoms with Gasteiger partial charge in [0.1, 0.15) is 5.76 Å². The van der Waals surface area contributed by atoms with Crippen molar-refractivity contribution in [3.05, 3.63) is 220 Å². The SMILES string of the molecule is CC1=CC2C(C=C1)C([Si](C)(C)C1C(C)CC3C(c4ccccc4)=C(OCC(C)C)C(C(C)(C)C)=CC31)C(C)C2c1ccccc1.Cc1ccc2c(c1)N(C)C1C2C2C=CC=CC2C1[Si](C)(C)C1C(C)C(CC(C)C)C2C3=C(C=CC21)C(C)(C)CCC3.[CH3-].[CH3-].[CH3-].[CH3-].[Cl][Zr+2][Cl].[Cl][Zr+2][Cl]. The van der Waals surface area contributed by atoms with Crippen LogP contribution in [0.25, 0.3) is 5.57 Å². The molecule has 19 atom stereocenters. The van der Waals surface area contributed by atoms with E-state index in [1.807, 2.05) is 5.57 Å². The zero-order valence-electron chi connectivity index (χ0n) is 63.5. The first-order valence-electron chi connectivity index (χ1n) is 35.7. The van der Waals surface area contributed by atoms with Crippen molar-refractivity contribution in [3.8, 4) is 0 Å². The van der Waals surface area contributed by atoms with Crippen molar-refractivity contribution >= 4 is 61.5 Å². The number of halogens is 4. The first-order valence-corrected chi connectivity index (χ1v) is 54.6. The standard InChI is InChI=1S/C43H58OSi.C39H55NSi.4CH3.4ClH.2Zr/c1-27(2)26-44-40-37(43(6,7)8)25-36-35(39(40)32-19-15-12-16-20-32)24-29(4)41(36)45(9,10)42-30(5)38(31-17-13-11-14-18-31)34-23-28(3)21-22-33(34)42;1-23(2)21-31-25(4)37(30-18-19-32-28(34(30)31)15-12-20-39(32,5)6)41(8,9)38-27-14-11-10-13-26(27)35-29-17-16-24(3)22-33(29)40(7)36(35)38;;;;;;;;;;/h11-23,25,27,29-30,33-36,38,41-42H,24,26H2,1-10H3;10-11,13-14,16-19,22-23,25-27,30-31,34-38H,12,15,20-21H2,1-9H3;4*1H3;4*1H;;/q;;4*-1;;;;;2*+4/p-4. The summed E-state index contributed by atoms with van der Waals surface area (Å²) in [6.07, 6.45) is 32.6. The number of fused-ring (bicyclic) bond motifs is 9. The van der Waals surface area contributed by atoms with Crippen LogP contribution in [0.3, 0.4) is 0 Å². The van der Waals surface area contributed by atoms with E-state index in [0.717, 1.165) is 58.4 Å². The number of anilines is 1. The molecule has 0 aromatic heterocycles. The fourth-order valence-corrected chi connectivity index (χ4v) is 35.0. The van der Waals surface area contributed by atoms with Gasteiger partial charge in [0.2, 0.25) is 0 Å². The van der Waals surface area contributed by atoms with Crippen LogP contribution in [0.1, 0.15) is 156 Å². The van der Waals surface area contributed by atoms with Gasteiger partial charge in [-0.3, -0.25) is 0 Å². The number of likely N-dealkylation sites (N-methyl/N-ethyl adjacent to an activating group) is 1. The number of nitrogens with zero attached hydrogens (tertiary/aromatic N) is 1. The minimum absolute atomic E-state index is 0. The molecule has 4 fully saturated rings. The van der Waals surface area contributed by atoms with Crippen LogP contribution in [0.15, 0.2) is 168 Å². The third-order valence-electron chi connectivity index (χ3n) is 25.5. The van der Waals surface area contributed by atoms with Gasteiger partial charge in [-0.1, -0.05) is 254 Å². The Morgan fingerprint density at radius 3 is 1.82 bits per heavy atom. The molecule has 96 heavy (non-hydrogen) atoms. The van der Waals surface area contributed by atoms with Crippen molar-refractivity contribution in [2.75, 3.05) is 18.6 Å². The third kappa shape index (κ3) is 15.9. The van der Waals surface area contributed by atoms with Crippen molar-refractivity contribution in [1.82, 2.24) is 0 Å². The first-order chi connectivity index (χ1) is 43.6. The predicted molar refractivity (Wildman–Crippen MR) is 424 cm³/mol. The summed E-state index contributed by atoms with van der Waals surface area (Å²) < 4.78 is 6.88. The van der Waals surface area contributed by atoms with E-state index in [1.54, 1.807) is 11.1 Å². The molecule has 1 aliphatic heterocycles. The van der Waals surface area contributed by atoms with E-state index in [0.29, 0.717) is 76.6 Å². The summed E-state index contributed by atoms with van der Waals surface area (Å²) in [5.41, 5.74) is 18.9. The van der Waals surface area contributed by atoms with Gasteiger partial charge in [-0.15, -0.1) is 0 Å². The summed E-state index contributed by atoms with van der Waals surface area (Å²) in [6.45, 7) is 46.3. The molecule has 0 spiro atoms. The van der Waals surface area contributed by atoms with Crippen LogP contribution < -0.4 is 4.90 Å². The van der Waals surface area contributed by atoms with E-state index in [9.17, 15) is 0 Å². The Morgan fingerprint density at radius 2 is 1.22 bits per heavy atom. The van der Waals surface area contributed by atoms with Gasteiger partial charge in [0, 0.05) is 30.3 Å². The Kier molecular flexibility index (Phi) is 29.5. The third-order valence-corrected chi connectivity index (χ3v) is 35.9. The molecular weight excluding hydrogens is 1440 g/mol. The van der Waals surface area contributed by atoms with Gasteiger partial charge in [-0.25, -0.2) is 0 Å². The average molecular weight is 1570 g/mol. The number of benzene rings is 3. The van der Waals surface area contributed by atoms with Crippen LogP contribution in [0.5, 0.6) is 0 Å². The van der Waals surface area contributed by atoms with Gasteiger partial charge in [0.25, 0.3) is 0 Å². The molecule has 524 valence electrons. The molecule has 10 heteroatoms. The average Bonchev–Trinajstić information content (AvgIpc) is 1.53. The molecule has 0 N–H and O–H groups in total. The van der Waals surface area contributed by atoms with Crippen LogP contribution in [0, 0.1) is 130 Å². The second kappa shape index (κ2) is 34.0. The van der Waals surface area contributed by atoms with Crippen LogP contribution >= 0.6 is 34.1 Å². The van der Waals surface area contributed by atoms with E-state index in [-0.39, 0.29) is 35.1 Å². The van der Waals surface area contributed by atoms with Gasteiger partial charge in [-0.05, 0) is 207 Å². The molecule has 9 aliphatic carbocycles. The van der Waals surface area contributed by atoms with E-state index in [2.05, 4.69) is 275 Å². The van der Waals surface area contributed by atoms with Crippen LogP contribution in [-0.2, 0) is 46.4 Å². The fourth-order valence-electron chi connectivity index (χ4n) is 22.8. The van der Waals surface area contributed by atoms with Gasteiger partial charge in [0.15, 0.2) is 0 Å². The summed E-state index contributed by atoms with van der Waals surface area (Å²) >= 11 is -1.65. The van der Waals surface area contributed by atoms with Crippen LogP contribution in [-0.4, -0.2) is 35.8 Å². The molecule has 0 radical (unpaired) electrons. The van der Waals surface area contributed by atoms with Gasteiger partial charge in [-0.2, -0.15) is 0 Å². The second-order valence-corrected chi connectivity index (χ2v) is 51.5. The van der Waals surface area contributed by atoms with Crippen molar-refractivity contribution in [3.63, 3.8) is 0 Å². The number of allylic oxidation sites excluding steroid dienone is 15. The Labute approximate surface area is 628 Å². The fraction of sp³-hybridized carbons (Fsp3) is 0.558. The number of ether oxygens (including phenoxy) is 1. The van der Waals surface area contributed by atoms with Crippen molar-refractivity contribution in [1.29, 1.82) is 0 Å². The maximum atomic E-state index is 6.88. The molecule has 4 saturated carbocycles. The van der Waals surface area contributed by atoms with Crippen molar-refractivity contribution < 1.29 is 46.4 Å². The predicted octanol–water partition coefficient (Wildman–Crippen LogP) is 26.9. The summed E-state index contributed by atoms with van der Waals surface area (Å²) in [5, 5.41) is 0. The van der Waals surface area contributed by atoms with E-state index in [4.69, 9.17) is 38.8 Å². The Hall–Kier alpha value is -1.46. The van der Waals surface area contributed by atoms with Gasteiger partial charge >= 0.3 is 75.7 Å². The summed E-state index contributed by atoms with van der Waals surface area (Å²) in [6, 6.07) is 30.7. The van der Waals surface area contributed by atoms with Crippen LogP contribution in [0.2, 0.25) is 48.4 Å². The summed E-state index contributed by atoms with van der Waals surface area (Å²) in [7, 11) is 18.5. The van der Waals surface area contributed by atoms with Gasteiger partial charge < -0.3 is 39.3 Å². The monoisotopic (exact) mass is 1560 g/mol. The molecule has 0 saturated heterocycles. The molecule has 2 nitrogen and oxygen atoms in total. The number of rotatable bonds is 11. The number of hydrogen-bond donors (Lipinski definition) is 0. The zero-order valence-corrected chi connectivity index (χ0v) is 73.5. The molecule has 1 heterocycles. The van der Waals surface area contributed by atoms with Gasteiger partial charge in [0.05, 0.1) is 22.8 Å². The molecule has 0 amide bonds. The van der Waals surface area contributed by atoms with E-state index < -0.39 is 57.8 Å². The molecule has 3 aromatic carbocycles. The molecule has 13 rings (SSSR count). The van der Waals surface area contributed by atoms with E-state index >= 15 is 0 Å². The maximum absolute atomic E-state index is 6.88. The first kappa shape index (κ1) is 83.5. The second-order valence-electron chi connectivity index (χ2n) is 34.1. The zero-order chi connectivity index (χ0) is 66.7. The molecule has 10 aliphatic rings. The molecule has 0 bridgehead atoms. The summed E-state index contributed by atoms with van der Waals surface area (Å²) in [4.78, 5) is 2.76. The normalized spacial score (nSPS) is 32.9. The Balaban J connectivity index is 0.000000271. The van der Waals surface area contributed by atoms with Crippen molar-refractivity contribution in [2.45, 2.75) is 195 Å². The Morgan fingerprint density at radius 1 is 0.646 bits per heavy atom. The summed E-state index contributed by atoms with van der Waals surface area (Å²) in [5.74, 6) is 11.8. The molecule has 3 aromatic rings. The topological polar surface area (TPSA) is 12.5 Å². The molecular formula is C86H125Cl4NOSi2Zr2. The quantitative estimate of drug-likeness (QED) is 0.140. The molecule has 19 unspecified atom stereocenters. The minimum atomic E-state index is -1.84.